The zero-order valence-electron chi connectivity index (χ0n) is 14.2. The number of aliphatic imine (C=N–C) groups is 1. The molecule has 1 unspecified atom stereocenters. The fraction of sp³-hybridized carbons (Fsp3) is 0.500. The minimum atomic E-state index is 0.362. The first-order valence-corrected chi connectivity index (χ1v) is 8.24. The van der Waals surface area contributed by atoms with Crippen LogP contribution >= 0.6 is 0 Å². The number of benzene rings is 1. The molecule has 0 amide bonds. The fourth-order valence-electron chi connectivity index (χ4n) is 3.20. The van der Waals surface area contributed by atoms with E-state index in [0.29, 0.717) is 12.1 Å². The molecule has 0 saturated carbocycles. The van der Waals surface area contributed by atoms with E-state index < -0.39 is 0 Å². The summed E-state index contributed by atoms with van der Waals surface area (Å²) in [5, 5.41) is 3.22. The molecule has 124 valence electrons. The monoisotopic (exact) mass is 314 g/mol. The Balaban J connectivity index is 1.97. The van der Waals surface area contributed by atoms with E-state index in [2.05, 4.69) is 41.3 Å². The van der Waals surface area contributed by atoms with Crippen LogP contribution in [0.4, 0.5) is 5.69 Å². The number of fused-ring (bicyclic) bond motifs is 1. The van der Waals surface area contributed by atoms with Crippen LogP contribution in [0.15, 0.2) is 23.3 Å². The van der Waals surface area contributed by atoms with E-state index in [-0.39, 0.29) is 0 Å². The maximum Gasteiger partial charge on any atom is 0.132 e. The summed E-state index contributed by atoms with van der Waals surface area (Å²) in [6.45, 7) is 4.14. The second-order valence-corrected chi connectivity index (χ2v) is 6.35. The highest BCUT2D eigenvalue weighted by atomic mass is 16.5. The van der Waals surface area contributed by atoms with Gasteiger partial charge in [0.25, 0.3) is 0 Å². The molecule has 1 fully saturated rings. The molecule has 0 aliphatic carbocycles. The maximum atomic E-state index is 5.86. The van der Waals surface area contributed by atoms with Gasteiger partial charge >= 0.3 is 0 Å². The fourth-order valence-corrected chi connectivity index (χ4v) is 3.20. The standard InChI is InChI=1S/C18H26N4O/c1-12-4-5-16-17(22(12)2)7-6-15(18(16)23-3)13(8-19)9-21-14-10-20-11-14/h6-9,12,14,20H,4-5,10-11,19H2,1-3H3. The van der Waals surface area contributed by atoms with Crippen molar-refractivity contribution < 1.29 is 4.74 Å². The first-order valence-electron chi connectivity index (χ1n) is 8.24. The lowest BCUT2D eigenvalue weighted by Crippen LogP contribution is -2.45. The summed E-state index contributed by atoms with van der Waals surface area (Å²) < 4.78 is 5.76. The lowest BCUT2D eigenvalue weighted by molar-refractivity contribution is 0.405. The molecule has 1 saturated heterocycles. The molecule has 2 aliphatic rings. The predicted octanol–water partition coefficient (Wildman–Crippen LogP) is 1.81. The van der Waals surface area contributed by atoms with E-state index in [4.69, 9.17) is 10.5 Å². The molecule has 23 heavy (non-hydrogen) atoms. The molecular formula is C18H26N4O. The number of methoxy groups -OCH3 is 1. The number of hydrogen-bond acceptors (Lipinski definition) is 5. The lowest BCUT2D eigenvalue weighted by atomic mass is 9.92. The van der Waals surface area contributed by atoms with Crippen LogP contribution in [0.1, 0.15) is 24.5 Å². The van der Waals surface area contributed by atoms with Crippen LogP contribution in [-0.2, 0) is 6.42 Å². The second-order valence-electron chi connectivity index (χ2n) is 6.35. The molecular weight excluding hydrogens is 288 g/mol. The van der Waals surface area contributed by atoms with Gasteiger partial charge in [-0.05, 0) is 31.9 Å². The average Bonchev–Trinajstić information content (AvgIpc) is 2.52. The number of nitrogens with one attached hydrogen (secondary N) is 1. The number of anilines is 1. The number of allylic oxidation sites excluding steroid dienone is 1. The van der Waals surface area contributed by atoms with Crippen molar-refractivity contribution in [3.8, 4) is 5.75 Å². The van der Waals surface area contributed by atoms with E-state index in [1.807, 2.05) is 6.21 Å². The Morgan fingerprint density at radius 3 is 2.83 bits per heavy atom. The van der Waals surface area contributed by atoms with Crippen molar-refractivity contribution in [2.24, 2.45) is 10.7 Å². The quantitative estimate of drug-likeness (QED) is 0.832. The molecule has 1 aromatic carbocycles. The first kappa shape index (κ1) is 15.9. The minimum absolute atomic E-state index is 0.362. The van der Waals surface area contributed by atoms with Gasteiger partial charge in [-0.2, -0.15) is 0 Å². The van der Waals surface area contributed by atoms with Crippen LogP contribution in [0, 0.1) is 0 Å². The Bertz CT molecular complexity index is 634. The van der Waals surface area contributed by atoms with Gasteiger partial charge in [0.15, 0.2) is 0 Å². The van der Waals surface area contributed by atoms with E-state index in [1.54, 1.807) is 13.3 Å². The Labute approximate surface area is 138 Å². The third-order valence-electron chi connectivity index (χ3n) is 4.97. The van der Waals surface area contributed by atoms with Crippen LogP contribution in [-0.4, -0.2) is 45.5 Å². The van der Waals surface area contributed by atoms with Gasteiger partial charge < -0.3 is 20.7 Å². The molecule has 2 heterocycles. The average molecular weight is 314 g/mol. The van der Waals surface area contributed by atoms with Gasteiger partial charge in [0.2, 0.25) is 0 Å². The second kappa shape index (κ2) is 6.62. The van der Waals surface area contributed by atoms with Crippen molar-refractivity contribution in [3.63, 3.8) is 0 Å². The number of nitrogens with two attached hydrogens (primary N) is 1. The molecule has 1 atom stereocenters. The molecule has 0 radical (unpaired) electrons. The van der Waals surface area contributed by atoms with Crippen LogP contribution in [0.2, 0.25) is 0 Å². The first-order chi connectivity index (χ1) is 11.2. The highest BCUT2D eigenvalue weighted by Gasteiger charge is 2.25. The smallest absolute Gasteiger partial charge is 0.132 e. The minimum Gasteiger partial charge on any atom is -0.496 e. The van der Waals surface area contributed by atoms with Gasteiger partial charge in [-0.25, -0.2) is 0 Å². The molecule has 0 bridgehead atoms. The van der Waals surface area contributed by atoms with Crippen molar-refractivity contribution in [2.45, 2.75) is 31.8 Å². The van der Waals surface area contributed by atoms with Gasteiger partial charge in [-0.1, -0.05) is 0 Å². The van der Waals surface area contributed by atoms with E-state index in [9.17, 15) is 0 Å². The van der Waals surface area contributed by atoms with Gasteiger partial charge in [0, 0.05) is 61.0 Å². The molecule has 3 rings (SSSR count). The van der Waals surface area contributed by atoms with E-state index >= 15 is 0 Å². The third-order valence-corrected chi connectivity index (χ3v) is 4.97. The summed E-state index contributed by atoms with van der Waals surface area (Å²) in [6.07, 6.45) is 5.66. The topological polar surface area (TPSA) is 62.9 Å². The van der Waals surface area contributed by atoms with Crippen LogP contribution in [0.5, 0.6) is 5.75 Å². The molecule has 2 aliphatic heterocycles. The largest absolute Gasteiger partial charge is 0.496 e. The molecule has 3 N–H and O–H groups in total. The summed E-state index contributed by atoms with van der Waals surface area (Å²) in [6, 6.07) is 5.18. The highest BCUT2D eigenvalue weighted by Crippen LogP contribution is 2.40. The van der Waals surface area contributed by atoms with Gasteiger partial charge in [-0.3, -0.25) is 4.99 Å². The normalized spacial score (nSPS) is 22.1. The Hall–Kier alpha value is -2.01. The molecule has 1 aromatic rings. The van der Waals surface area contributed by atoms with E-state index in [1.165, 1.54) is 11.3 Å². The van der Waals surface area contributed by atoms with Gasteiger partial charge in [0.1, 0.15) is 5.75 Å². The number of hydrogen-bond donors (Lipinski definition) is 2. The Kier molecular flexibility index (Phi) is 4.57. The number of nitrogens with zero attached hydrogens (tertiary/aromatic N) is 2. The zero-order valence-corrected chi connectivity index (χ0v) is 14.2. The lowest BCUT2D eigenvalue weighted by Gasteiger charge is -2.35. The van der Waals surface area contributed by atoms with Gasteiger partial charge in [-0.15, -0.1) is 0 Å². The molecule has 5 nitrogen and oxygen atoms in total. The van der Waals surface area contributed by atoms with E-state index in [0.717, 1.165) is 42.8 Å². The summed E-state index contributed by atoms with van der Waals surface area (Å²) in [5.41, 5.74) is 10.3. The summed E-state index contributed by atoms with van der Waals surface area (Å²) in [7, 11) is 3.88. The highest BCUT2D eigenvalue weighted by molar-refractivity contribution is 6.11. The predicted molar refractivity (Wildman–Crippen MR) is 96.5 cm³/mol. The van der Waals surface area contributed by atoms with Crippen molar-refractivity contribution in [2.75, 3.05) is 32.1 Å². The molecule has 5 heteroatoms. The van der Waals surface area contributed by atoms with Crippen molar-refractivity contribution in [3.05, 3.63) is 29.5 Å². The Morgan fingerprint density at radius 2 is 2.22 bits per heavy atom. The summed E-state index contributed by atoms with van der Waals surface area (Å²) in [5.74, 6) is 0.927. The van der Waals surface area contributed by atoms with Crippen LogP contribution in [0.25, 0.3) is 5.57 Å². The van der Waals surface area contributed by atoms with Crippen LogP contribution in [0.3, 0.4) is 0 Å². The molecule has 0 aromatic heterocycles. The number of rotatable bonds is 4. The number of ether oxygens (including phenoxy) is 1. The zero-order chi connectivity index (χ0) is 16.4. The van der Waals surface area contributed by atoms with Crippen molar-refractivity contribution in [1.29, 1.82) is 0 Å². The molecule has 0 spiro atoms. The SMILES string of the molecule is COc1c(C(C=NC2CNC2)=CN)ccc2c1CCC(C)N2C. The van der Waals surface area contributed by atoms with Crippen LogP contribution < -0.4 is 20.7 Å². The van der Waals surface area contributed by atoms with Gasteiger partial charge in [0.05, 0.1) is 13.2 Å². The van der Waals surface area contributed by atoms with Crippen molar-refractivity contribution in [1.82, 2.24) is 5.32 Å². The van der Waals surface area contributed by atoms with Crippen molar-refractivity contribution >= 4 is 17.5 Å². The Morgan fingerprint density at radius 1 is 1.43 bits per heavy atom. The summed E-state index contributed by atoms with van der Waals surface area (Å²) in [4.78, 5) is 6.91. The third kappa shape index (κ3) is 2.93. The maximum absolute atomic E-state index is 5.86. The summed E-state index contributed by atoms with van der Waals surface area (Å²) >= 11 is 0.